The van der Waals surface area contributed by atoms with Crippen LogP contribution in [0.4, 0.5) is 4.39 Å². The van der Waals surface area contributed by atoms with Crippen molar-refractivity contribution in [2.75, 3.05) is 0 Å². The highest BCUT2D eigenvalue weighted by atomic mass is 19.1. The Bertz CT molecular complexity index is 1090. The number of aromatic amines is 1. The number of carbonyl (C=O) groups excluding carboxylic acids is 4. The molecule has 1 heterocycles. The van der Waals surface area contributed by atoms with Gasteiger partial charge in [-0.05, 0) is 31.9 Å². The first-order chi connectivity index (χ1) is 15.6. The number of carbonyl (C=O) groups is 4. The van der Waals surface area contributed by atoms with Crippen LogP contribution in [0.15, 0.2) is 24.4 Å². The lowest BCUT2D eigenvalue weighted by Gasteiger charge is -2.23. The molecule has 33 heavy (non-hydrogen) atoms. The van der Waals surface area contributed by atoms with E-state index in [1.165, 1.54) is 19.1 Å². The average molecular weight is 459 g/mol. The summed E-state index contributed by atoms with van der Waals surface area (Å²) in [6, 6.07) is 2.27. The van der Waals surface area contributed by atoms with Gasteiger partial charge < -0.3 is 25.9 Å². The number of nitrogens with one attached hydrogen (secondary N) is 3. The van der Waals surface area contributed by atoms with Gasteiger partial charge in [0.25, 0.3) is 0 Å². The van der Waals surface area contributed by atoms with E-state index in [2.05, 4.69) is 20.4 Å². The van der Waals surface area contributed by atoms with Crippen LogP contribution in [0.5, 0.6) is 0 Å². The minimum Gasteiger partial charge on any atom is -0.461 e. The lowest BCUT2D eigenvalue weighted by atomic mass is 10.0. The molecule has 0 spiro atoms. The van der Waals surface area contributed by atoms with Crippen molar-refractivity contribution in [3.8, 4) is 0 Å². The van der Waals surface area contributed by atoms with E-state index in [4.69, 9.17) is 10.3 Å². The van der Waals surface area contributed by atoms with Crippen molar-refractivity contribution in [1.82, 2.24) is 15.6 Å². The molecule has 3 N–H and O–H groups in total. The maximum absolute atomic E-state index is 14.0. The molecule has 0 unspecified atom stereocenters. The summed E-state index contributed by atoms with van der Waals surface area (Å²) >= 11 is 0. The zero-order valence-electron chi connectivity index (χ0n) is 18.6. The average Bonchev–Trinajstić information content (AvgIpc) is 3.14. The SMILES string of the molecule is CC(=O)N[C@@H](Cc1c[nH]c2c(F)cccc12)C(=O)N[C@@H](CCC(=O)C=[N+]=[N-])C(=O)OC(C)C. The van der Waals surface area contributed by atoms with Crippen molar-refractivity contribution in [1.29, 1.82) is 0 Å². The van der Waals surface area contributed by atoms with Crippen LogP contribution in [0.1, 0.15) is 39.2 Å². The normalized spacial score (nSPS) is 12.5. The van der Waals surface area contributed by atoms with Crippen LogP contribution in [0.25, 0.3) is 16.4 Å². The van der Waals surface area contributed by atoms with E-state index < -0.39 is 47.6 Å². The van der Waals surface area contributed by atoms with E-state index in [0.29, 0.717) is 17.2 Å². The standard InChI is InChI=1S/C22H26FN5O5/c1-12(2)33-22(32)18(8-7-15(30)11-26-24)28-21(31)19(27-13(3)29)9-14-10-25-20-16(14)5-4-6-17(20)23/h4-6,10-12,18-19,25H,7-9H2,1-3H3,(H,27,29)(H,28,31)/t18-,19-/m0/s1. The van der Waals surface area contributed by atoms with Gasteiger partial charge in [-0.2, -0.15) is 4.79 Å². The molecule has 2 aromatic rings. The molecule has 2 rings (SSSR count). The van der Waals surface area contributed by atoms with Crippen molar-refractivity contribution >= 4 is 40.7 Å². The molecule has 0 fully saturated rings. The van der Waals surface area contributed by atoms with Gasteiger partial charge in [0.2, 0.25) is 17.6 Å². The van der Waals surface area contributed by atoms with E-state index in [1.54, 1.807) is 26.1 Å². The number of esters is 1. The van der Waals surface area contributed by atoms with Crippen LogP contribution in [-0.4, -0.2) is 57.7 Å². The quantitative estimate of drug-likeness (QED) is 0.201. The van der Waals surface area contributed by atoms with Crippen molar-refractivity contribution < 1.29 is 33.1 Å². The molecule has 10 nitrogen and oxygen atoms in total. The smallest absolute Gasteiger partial charge is 0.328 e. The van der Waals surface area contributed by atoms with E-state index in [-0.39, 0.29) is 24.8 Å². The molecule has 0 aliphatic carbocycles. The molecule has 2 amide bonds. The van der Waals surface area contributed by atoms with Gasteiger partial charge in [0, 0.05) is 31.3 Å². The fraction of sp³-hybridized carbons (Fsp3) is 0.409. The van der Waals surface area contributed by atoms with Crippen LogP contribution in [0.2, 0.25) is 0 Å². The molecular weight excluding hydrogens is 433 g/mol. The Morgan fingerprint density at radius 1 is 1.21 bits per heavy atom. The predicted molar refractivity (Wildman–Crippen MR) is 117 cm³/mol. The number of ether oxygens (including phenoxy) is 1. The molecule has 0 radical (unpaired) electrons. The number of amides is 2. The van der Waals surface area contributed by atoms with Crippen molar-refractivity contribution in [2.45, 2.75) is 58.2 Å². The topological polar surface area (TPSA) is 154 Å². The Labute approximate surface area is 189 Å². The fourth-order valence-corrected chi connectivity index (χ4v) is 3.27. The van der Waals surface area contributed by atoms with Crippen molar-refractivity contribution in [3.63, 3.8) is 0 Å². The molecule has 0 saturated heterocycles. The van der Waals surface area contributed by atoms with E-state index in [1.807, 2.05) is 0 Å². The first-order valence-corrected chi connectivity index (χ1v) is 10.3. The van der Waals surface area contributed by atoms with Gasteiger partial charge in [-0.1, -0.05) is 12.1 Å². The van der Waals surface area contributed by atoms with Gasteiger partial charge in [0.05, 0.1) is 11.6 Å². The Kier molecular flexibility index (Phi) is 8.99. The number of aromatic nitrogens is 1. The third-order valence-corrected chi connectivity index (χ3v) is 4.70. The summed E-state index contributed by atoms with van der Waals surface area (Å²) in [4.78, 5) is 54.3. The lowest BCUT2D eigenvalue weighted by Crippen LogP contribution is -2.52. The van der Waals surface area contributed by atoms with Gasteiger partial charge in [-0.15, -0.1) is 0 Å². The van der Waals surface area contributed by atoms with Gasteiger partial charge >= 0.3 is 12.2 Å². The molecule has 1 aromatic heterocycles. The summed E-state index contributed by atoms with van der Waals surface area (Å²) in [5.41, 5.74) is 9.33. The maximum atomic E-state index is 14.0. The third kappa shape index (κ3) is 7.36. The number of hydrogen-bond acceptors (Lipinski definition) is 5. The van der Waals surface area contributed by atoms with Crippen LogP contribution in [0.3, 0.4) is 0 Å². The van der Waals surface area contributed by atoms with Gasteiger partial charge in [-0.3, -0.25) is 14.4 Å². The predicted octanol–water partition coefficient (Wildman–Crippen LogP) is 1.44. The number of rotatable bonds is 11. The Morgan fingerprint density at radius 2 is 1.94 bits per heavy atom. The van der Waals surface area contributed by atoms with Crippen LogP contribution in [0, 0.1) is 5.82 Å². The van der Waals surface area contributed by atoms with E-state index in [9.17, 15) is 23.6 Å². The highest BCUT2D eigenvalue weighted by molar-refractivity contribution is 6.25. The largest absolute Gasteiger partial charge is 0.461 e. The summed E-state index contributed by atoms with van der Waals surface area (Å²) in [7, 11) is 0. The second-order valence-corrected chi connectivity index (χ2v) is 7.73. The number of hydrogen-bond donors (Lipinski definition) is 3. The third-order valence-electron chi connectivity index (χ3n) is 4.70. The van der Waals surface area contributed by atoms with Crippen LogP contribution < -0.4 is 10.6 Å². The molecule has 2 atom stereocenters. The second kappa shape index (κ2) is 11.7. The molecule has 176 valence electrons. The lowest BCUT2D eigenvalue weighted by molar-refractivity contribution is -0.152. The highest BCUT2D eigenvalue weighted by Gasteiger charge is 2.29. The molecule has 0 bridgehead atoms. The molecule has 0 saturated carbocycles. The Balaban J connectivity index is 2.23. The first-order valence-electron chi connectivity index (χ1n) is 10.3. The van der Waals surface area contributed by atoms with E-state index >= 15 is 0 Å². The number of benzene rings is 1. The molecule has 0 aliphatic heterocycles. The fourth-order valence-electron chi connectivity index (χ4n) is 3.27. The summed E-state index contributed by atoms with van der Waals surface area (Å²) in [5, 5.41) is 5.62. The van der Waals surface area contributed by atoms with E-state index in [0.717, 1.165) is 0 Å². The summed E-state index contributed by atoms with van der Waals surface area (Å²) in [5.74, 6) is -2.90. The number of nitrogens with zero attached hydrogens (tertiary/aromatic N) is 2. The summed E-state index contributed by atoms with van der Waals surface area (Å²) in [6.07, 6.45) is 1.52. The van der Waals surface area contributed by atoms with Crippen molar-refractivity contribution in [2.24, 2.45) is 0 Å². The minimum absolute atomic E-state index is 0.0247. The molecule has 0 aliphatic rings. The molecular formula is C22H26FN5O5. The zero-order valence-corrected chi connectivity index (χ0v) is 18.6. The Hall–Kier alpha value is -3.85. The second-order valence-electron chi connectivity index (χ2n) is 7.73. The summed E-state index contributed by atoms with van der Waals surface area (Å²) < 4.78 is 19.2. The van der Waals surface area contributed by atoms with Gasteiger partial charge in [0.1, 0.15) is 17.9 Å². The first kappa shape index (κ1) is 25.4. The van der Waals surface area contributed by atoms with Crippen LogP contribution in [-0.2, 0) is 30.3 Å². The van der Waals surface area contributed by atoms with Gasteiger partial charge in [-0.25, -0.2) is 9.18 Å². The van der Waals surface area contributed by atoms with Crippen molar-refractivity contribution in [3.05, 3.63) is 41.3 Å². The maximum Gasteiger partial charge on any atom is 0.328 e. The number of ketones is 1. The molecule has 11 heteroatoms. The number of para-hydroxylation sites is 1. The number of halogens is 1. The highest BCUT2D eigenvalue weighted by Crippen LogP contribution is 2.22. The number of H-pyrrole nitrogens is 1. The van der Waals surface area contributed by atoms with Gasteiger partial charge in [0.15, 0.2) is 0 Å². The summed E-state index contributed by atoms with van der Waals surface area (Å²) in [6.45, 7) is 4.51. The molecule has 1 aromatic carbocycles. The minimum atomic E-state index is -1.17. The Morgan fingerprint density at radius 3 is 2.58 bits per heavy atom. The number of Topliss-reactive ketones (excluding diaryl/α,β-unsaturated/α-hetero) is 1. The monoisotopic (exact) mass is 459 g/mol. The number of fused-ring (bicyclic) bond motifs is 1. The zero-order chi connectivity index (χ0) is 24.5. The van der Waals surface area contributed by atoms with Crippen LogP contribution >= 0.6 is 0 Å².